The molecule has 9 amide bonds. The summed E-state index contributed by atoms with van der Waals surface area (Å²) in [5.41, 5.74) is 6.30. The summed E-state index contributed by atoms with van der Waals surface area (Å²) >= 11 is 0. The minimum atomic E-state index is -1.75. The number of H-pyrrole nitrogens is 1. The molecule has 28 nitrogen and oxygen atoms in total. The molecule has 3 rings (SSSR count). The number of nitrogens with zero attached hydrogens (tertiary/aromatic N) is 1. The molecule has 0 bridgehead atoms. The maximum Gasteiger partial charge on any atom is 0.326 e. The van der Waals surface area contributed by atoms with Gasteiger partial charge in [0.15, 0.2) is 0 Å². The Balaban J connectivity index is 1.87. The Morgan fingerprint density at radius 3 is 1.60 bits per heavy atom. The molecule has 1 saturated heterocycles. The number of nitrogens with two attached hydrogens (primary N) is 1. The molecule has 1 aliphatic rings. The third-order valence-electron chi connectivity index (χ3n) is 12.9. The highest BCUT2D eigenvalue weighted by Gasteiger charge is 2.38. The highest BCUT2D eigenvalue weighted by molar-refractivity contribution is 5.98. The van der Waals surface area contributed by atoms with Crippen LogP contribution in [0.1, 0.15) is 104 Å². The number of hydrogen-bond donors (Lipinski definition) is 15. The standard InChI is InChI=1S/C50H74N12O16/c1-6-26(4)40(61-47(74)39(25(2)3)60-45(72)33(16-19-38(67)68)56-43(70)32(15-18-37(65)66)55-42(69)30-13-10-20-53-30)48(75)57-31(14-17-36(51)64)44(71)58-34(22-29-23-52-24-54-29)46(73)62-41(27(5)63)49(76)59-35(50(77)78)21-28-11-8-7-9-12-28/h7-9,11-12,23-27,30-35,39-41,53,63H,6,10,13-22H2,1-5H3,(H2,51,64)(H,52,54)(H,55,69)(H,56,70)(H,57,75)(H,58,71)(H,59,76)(H,60,72)(H,61,74)(H,62,73)(H,65,66)(H,67,68)(H,77,78)/t26-,27+,30-,31-,32-,33-,34-,35-,39-,40-,41-/m0/s1. The molecule has 0 radical (unpaired) electrons. The van der Waals surface area contributed by atoms with E-state index in [1.165, 1.54) is 33.3 Å². The van der Waals surface area contributed by atoms with Crippen LogP contribution in [0.3, 0.4) is 0 Å². The van der Waals surface area contributed by atoms with Crippen molar-refractivity contribution in [1.29, 1.82) is 0 Å². The predicted octanol–water partition coefficient (Wildman–Crippen LogP) is -3.01. The molecule has 0 aliphatic carbocycles. The number of aliphatic carboxylic acids is 3. The van der Waals surface area contributed by atoms with Crippen molar-refractivity contribution >= 4 is 71.1 Å². The van der Waals surface area contributed by atoms with Gasteiger partial charge in [-0.3, -0.25) is 52.7 Å². The van der Waals surface area contributed by atoms with Gasteiger partial charge in [-0.05, 0) is 63.0 Å². The summed E-state index contributed by atoms with van der Waals surface area (Å²) in [6, 6.07) is -4.74. The van der Waals surface area contributed by atoms with E-state index in [9.17, 15) is 78.0 Å². The van der Waals surface area contributed by atoms with E-state index in [2.05, 4.69) is 57.8 Å². The summed E-state index contributed by atoms with van der Waals surface area (Å²) in [7, 11) is 0. The molecule has 1 aliphatic heterocycles. The number of carboxylic acids is 3. The molecule has 28 heteroatoms. The molecule has 16 N–H and O–H groups in total. The van der Waals surface area contributed by atoms with E-state index in [-0.39, 0.29) is 25.7 Å². The minimum Gasteiger partial charge on any atom is -0.481 e. The molecule has 1 fully saturated rings. The summed E-state index contributed by atoms with van der Waals surface area (Å²) in [5, 5.41) is 62.0. The van der Waals surface area contributed by atoms with Gasteiger partial charge in [-0.1, -0.05) is 64.4 Å². The lowest BCUT2D eigenvalue weighted by atomic mass is 9.95. The Bertz CT molecular complexity index is 2400. The van der Waals surface area contributed by atoms with Crippen LogP contribution in [0.4, 0.5) is 0 Å². The molecule has 2 heterocycles. The summed E-state index contributed by atoms with van der Waals surface area (Å²) < 4.78 is 0. The number of amides is 9. The van der Waals surface area contributed by atoms with Crippen LogP contribution in [-0.4, -0.2) is 168 Å². The molecular weight excluding hydrogens is 1020 g/mol. The van der Waals surface area contributed by atoms with E-state index in [1.54, 1.807) is 44.2 Å². The van der Waals surface area contributed by atoms with Crippen LogP contribution >= 0.6 is 0 Å². The maximum atomic E-state index is 14.3. The molecule has 0 unspecified atom stereocenters. The summed E-state index contributed by atoms with van der Waals surface area (Å²) in [6.07, 6.45) is -1.06. The third kappa shape index (κ3) is 21.5. The molecule has 2 aromatic rings. The number of hydrogen-bond acceptors (Lipinski definition) is 15. The smallest absolute Gasteiger partial charge is 0.326 e. The number of aliphatic hydroxyl groups excluding tert-OH is 1. The van der Waals surface area contributed by atoms with Gasteiger partial charge in [0, 0.05) is 44.0 Å². The van der Waals surface area contributed by atoms with Crippen LogP contribution in [0.2, 0.25) is 0 Å². The Morgan fingerprint density at radius 2 is 1.10 bits per heavy atom. The fourth-order valence-corrected chi connectivity index (χ4v) is 8.15. The van der Waals surface area contributed by atoms with Crippen LogP contribution in [-0.2, 0) is 70.4 Å². The second-order valence-electron chi connectivity index (χ2n) is 19.5. The van der Waals surface area contributed by atoms with Gasteiger partial charge < -0.3 is 79.0 Å². The number of carbonyl (C=O) groups is 12. The van der Waals surface area contributed by atoms with Gasteiger partial charge >= 0.3 is 17.9 Å². The van der Waals surface area contributed by atoms with Crippen molar-refractivity contribution in [1.82, 2.24) is 57.8 Å². The monoisotopic (exact) mass is 1100 g/mol. The number of carbonyl (C=O) groups excluding carboxylic acids is 9. The largest absolute Gasteiger partial charge is 0.481 e. The van der Waals surface area contributed by atoms with Crippen LogP contribution < -0.4 is 53.6 Å². The zero-order chi connectivity index (χ0) is 58.2. The fraction of sp³-hybridized carbons (Fsp3) is 0.580. The molecule has 0 saturated carbocycles. The van der Waals surface area contributed by atoms with Crippen LogP contribution in [0, 0.1) is 11.8 Å². The zero-order valence-electron chi connectivity index (χ0n) is 44.2. The van der Waals surface area contributed by atoms with Crippen molar-refractivity contribution in [3.05, 3.63) is 54.1 Å². The topological polar surface area (TPSA) is 449 Å². The zero-order valence-corrected chi connectivity index (χ0v) is 44.2. The van der Waals surface area contributed by atoms with Crippen LogP contribution in [0.25, 0.3) is 0 Å². The molecule has 1 aromatic heterocycles. The second kappa shape index (κ2) is 31.9. The van der Waals surface area contributed by atoms with Gasteiger partial charge in [-0.2, -0.15) is 0 Å². The number of rotatable bonds is 34. The van der Waals surface area contributed by atoms with E-state index in [0.717, 1.165) is 0 Å². The molecule has 78 heavy (non-hydrogen) atoms. The molecule has 11 atom stereocenters. The van der Waals surface area contributed by atoms with E-state index in [0.29, 0.717) is 30.6 Å². The number of aromatic amines is 1. The SMILES string of the molecule is CC[C@H](C)[C@H](NC(=O)[C@@H](NC(=O)[C@H](CCC(=O)O)NC(=O)[C@H](CCC(=O)O)NC(=O)[C@@H]1CCCN1)C(C)C)C(=O)N[C@@H](CCC(N)=O)C(=O)N[C@@H](Cc1cnc[nH]1)C(=O)N[C@H](C(=O)N[C@@H](Cc1ccccc1)C(=O)O)[C@@H](C)O. The first-order valence-corrected chi connectivity index (χ1v) is 25.6. The number of primary amides is 1. The fourth-order valence-electron chi connectivity index (χ4n) is 8.15. The Morgan fingerprint density at radius 1 is 0.615 bits per heavy atom. The van der Waals surface area contributed by atoms with Crippen LogP contribution in [0.5, 0.6) is 0 Å². The Hall–Kier alpha value is -8.01. The van der Waals surface area contributed by atoms with E-state index >= 15 is 0 Å². The van der Waals surface area contributed by atoms with E-state index in [4.69, 9.17) is 5.73 Å². The van der Waals surface area contributed by atoms with Crippen molar-refractivity contribution in [3.63, 3.8) is 0 Å². The second-order valence-corrected chi connectivity index (χ2v) is 19.5. The minimum absolute atomic E-state index is 0.143. The van der Waals surface area contributed by atoms with Gasteiger partial charge in [-0.25, -0.2) is 9.78 Å². The van der Waals surface area contributed by atoms with Crippen molar-refractivity contribution in [2.24, 2.45) is 17.6 Å². The lowest BCUT2D eigenvalue weighted by molar-refractivity contribution is -0.143. The van der Waals surface area contributed by atoms with Gasteiger partial charge in [0.2, 0.25) is 53.2 Å². The number of benzene rings is 1. The molecule has 0 spiro atoms. The number of imidazole rings is 1. The number of aromatic nitrogens is 2. The number of nitrogens with one attached hydrogen (secondary N) is 10. The van der Waals surface area contributed by atoms with Crippen molar-refractivity contribution in [2.45, 2.75) is 166 Å². The first-order chi connectivity index (χ1) is 36.8. The number of aliphatic hydroxyl groups is 1. The normalized spacial score (nSPS) is 16.9. The number of carboxylic acid groups (broad SMARTS) is 3. The molecular formula is C50H74N12O16. The highest BCUT2D eigenvalue weighted by Crippen LogP contribution is 2.14. The van der Waals surface area contributed by atoms with Crippen LogP contribution in [0.15, 0.2) is 42.9 Å². The highest BCUT2D eigenvalue weighted by atomic mass is 16.4. The molecule has 1 aromatic carbocycles. The lowest BCUT2D eigenvalue weighted by Gasteiger charge is -2.31. The van der Waals surface area contributed by atoms with Gasteiger partial charge in [0.05, 0.1) is 18.5 Å². The van der Waals surface area contributed by atoms with Crippen molar-refractivity contribution in [2.75, 3.05) is 6.54 Å². The van der Waals surface area contributed by atoms with E-state index in [1.807, 2.05) is 0 Å². The third-order valence-corrected chi connectivity index (χ3v) is 12.9. The first-order valence-electron chi connectivity index (χ1n) is 25.6. The maximum absolute atomic E-state index is 14.3. The van der Waals surface area contributed by atoms with Gasteiger partial charge in [0.25, 0.3) is 0 Å². The predicted molar refractivity (Wildman–Crippen MR) is 275 cm³/mol. The summed E-state index contributed by atoms with van der Waals surface area (Å²) in [6.45, 7) is 8.06. The summed E-state index contributed by atoms with van der Waals surface area (Å²) in [5.74, 6) is -14.0. The Kier molecular flexibility index (Phi) is 26.3. The van der Waals surface area contributed by atoms with Crippen molar-refractivity contribution < 1.29 is 78.0 Å². The average molecular weight is 1100 g/mol. The quantitative estimate of drug-likeness (QED) is 0.0332. The lowest BCUT2D eigenvalue weighted by Crippen LogP contribution is -2.62. The average Bonchev–Trinajstić information content (AvgIpc) is 4.13. The van der Waals surface area contributed by atoms with Crippen molar-refractivity contribution in [3.8, 4) is 0 Å². The van der Waals surface area contributed by atoms with Gasteiger partial charge in [0.1, 0.15) is 48.3 Å². The van der Waals surface area contributed by atoms with Gasteiger partial charge in [-0.15, -0.1) is 0 Å². The first kappa shape index (κ1) is 64.3. The summed E-state index contributed by atoms with van der Waals surface area (Å²) in [4.78, 5) is 165. The Labute approximate surface area is 449 Å². The van der Waals surface area contributed by atoms with E-state index < -0.39 is 175 Å². The molecule has 430 valence electrons.